The third kappa shape index (κ3) is 1.23. The van der Waals surface area contributed by atoms with Crippen LogP contribution in [0.1, 0.15) is 0 Å². The van der Waals surface area contributed by atoms with Crippen molar-refractivity contribution in [3.05, 3.63) is 23.1 Å². The van der Waals surface area contributed by atoms with Crippen molar-refractivity contribution in [1.82, 2.24) is 0 Å². The van der Waals surface area contributed by atoms with Gasteiger partial charge in [-0.2, -0.15) is 0 Å². The van der Waals surface area contributed by atoms with Gasteiger partial charge in [-0.05, 0) is 12.2 Å². The zero-order valence-electron chi connectivity index (χ0n) is 4.61. The van der Waals surface area contributed by atoms with Crippen molar-refractivity contribution in [1.29, 1.82) is 0 Å². The van der Waals surface area contributed by atoms with E-state index in [2.05, 4.69) is 12.6 Å². The van der Waals surface area contributed by atoms with E-state index in [-0.39, 0.29) is 5.78 Å². The van der Waals surface area contributed by atoms with E-state index < -0.39 is 6.10 Å². The lowest BCUT2D eigenvalue weighted by Gasteiger charge is -2.08. The Morgan fingerprint density at radius 2 is 2.33 bits per heavy atom. The van der Waals surface area contributed by atoms with Crippen LogP contribution in [0, 0.1) is 0 Å². The molecule has 0 heterocycles. The smallest absolute Gasteiger partial charge is 0.189 e. The number of carbonyl (C=O) groups excluding carboxylic acids is 1. The minimum absolute atomic E-state index is 0.303. The molecule has 1 aliphatic rings. The van der Waals surface area contributed by atoms with Gasteiger partial charge in [0.1, 0.15) is 6.10 Å². The van der Waals surface area contributed by atoms with Crippen molar-refractivity contribution in [3.8, 4) is 0 Å². The minimum atomic E-state index is -1.03. The first-order chi connectivity index (χ1) is 4.22. The number of hydrogen-bond donors (Lipinski definition) is 2. The van der Waals surface area contributed by atoms with E-state index >= 15 is 0 Å². The molecule has 9 heavy (non-hydrogen) atoms. The van der Waals surface area contributed by atoms with Crippen molar-refractivity contribution in [2.45, 2.75) is 6.10 Å². The summed E-state index contributed by atoms with van der Waals surface area (Å²) in [6, 6.07) is 0. The van der Waals surface area contributed by atoms with Crippen LogP contribution >= 0.6 is 12.6 Å². The van der Waals surface area contributed by atoms with Gasteiger partial charge < -0.3 is 5.11 Å². The maximum atomic E-state index is 10.6. The van der Waals surface area contributed by atoms with Gasteiger partial charge >= 0.3 is 0 Å². The second kappa shape index (κ2) is 2.37. The average Bonchev–Trinajstić information content (AvgIpc) is 1.83. The van der Waals surface area contributed by atoms with Gasteiger partial charge in [-0.1, -0.05) is 6.08 Å². The largest absolute Gasteiger partial charge is 0.380 e. The zero-order chi connectivity index (χ0) is 6.85. The Hall–Kier alpha value is -0.540. The maximum absolute atomic E-state index is 10.6. The average molecular weight is 142 g/mol. The SMILES string of the molecule is O=C1C=CC=C(S)C1O. The minimum Gasteiger partial charge on any atom is -0.380 e. The molecule has 1 unspecified atom stereocenters. The van der Waals surface area contributed by atoms with Gasteiger partial charge in [0.25, 0.3) is 0 Å². The van der Waals surface area contributed by atoms with Crippen LogP contribution in [-0.4, -0.2) is 17.0 Å². The van der Waals surface area contributed by atoms with Crippen LogP contribution in [0.15, 0.2) is 23.1 Å². The summed E-state index contributed by atoms with van der Waals surface area (Å²) in [6.45, 7) is 0. The van der Waals surface area contributed by atoms with E-state index in [0.717, 1.165) is 0 Å². The summed E-state index contributed by atoms with van der Waals surface area (Å²) in [5.74, 6) is -0.303. The summed E-state index contributed by atoms with van der Waals surface area (Å²) in [5, 5.41) is 8.90. The van der Waals surface area contributed by atoms with Crippen molar-refractivity contribution in [3.63, 3.8) is 0 Å². The molecule has 0 radical (unpaired) electrons. The molecule has 0 aromatic rings. The quantitative estimate of drug-likeness (QED) is 0.477. The Morgan fingerprint density at radius 3 is 2.78 bits per heavy atom. The third-order valence-electron chi connectivity index (χ3n) is 1.08. The van der Waals surface area contributed by atoms with Crippen molar-refractivity contribution < 1.29 is 9.90 Å². The Labute approximate surface area is 58.3 Å². The summed E-state index contributed by atoms with van der Waals surface area (Å²) in [7, 11) is 0. The van der Waals surface area contributed by atoms with Gasteiger partial charge in [0.05, 0.1) is 0 Å². The highest BCUT2D eigenvalue weighted by Gasteiger charge is 2.16. The van der Waals surface area contributed by atoms with Crippen molar-refractivity contribution in [2.75, 3.05) is 0 Å². The first kappa shape index (κ1) is 6.58. The van der Waals surface area contributed by atoms with Crippen molar-refractivity contribution in [2.24, 2.45) is 0 Å². The van der Waals surface area contributed by atoms with Crippen LogP contribution in [0.2, 0.25) is 0 Å². The fraction of sp³-hybridized carbons (Fsp3) is 0.167. The maximum Gasteiger partial charge on any atom is 0.189 e. The summed E-state index contributed by atoms with van der Waals surface area (Å²) in [5.41, 5.74) is 0. The topological polar surface area (TPSA) is 37.3 Å². The van der Waals surface area contributed by atoms with Gasteiger partial charge in [0.15, 0.2) is 5.78 Å². The number of rotatable bonds is 0. The molecule has 0 saturated carbocycles. The van der Waals surface area contributed by atoms with Crippen LogP contribution < -0.4 is 0 Å². The number of allylic oxidation sites excluding steroid dienone is 2. The van der Waals surface area contributed by atoms with Crippen LogP contribution in [0.3, 0.4) is 0 Å². The summed E-state index contributed by atoms with van der Waals surface area (Å²) in [4.78, 5) is 11.0. The number of hydrogen-bond acceptors (Lipinski definition) is 3. The number of ketones is 1. The lowest BCUT2D eigenvalue weighted by atomic mass is 10.1. The van der Waals surface area contributed by atoms with E-state index in [1.54, 1.807) is 12.2 Å². The highest BCUT2D eigenvalue weighted by atomic mass is 32.1. The number of aliphatic hydroxyl groups excluding tert-OH is 1. The molecule has 0 amide bonds. The van der Waals surface area contributed by atoms with Gasteiger partial charge in [0, 0.05) is 4.91 Å². The number of thiol groups is 1. The Balaban J connectivity index is 2.86. The molecule has 0 aromatic carbocycles. The monoisotopic (exact) mass is 142 g/mol. The second-order valence-electron chi connectivity index (χ2n) is 1.76. The van der Waals surface area contributed by atoms with E-state index in [1.807, 2.05) is 0 Å². The molecule has 1 aliphatic carbocycles. The Bertz CT molecular complexity index is 193. The highest BCUT2D eigenvalue weighted by Crippen LogP contribution is 2.12. The van der Waals surface area contributed by atoms with E-state index in [4.69, 9.17) is 5.11 Å². The standard InChI is InChI=1S/C6H6O2S/c7-4-2-1-3-5(9)6(4)8/h1-3,6,8-9H. The summed E-state index contributed by atoms with van der Waals surface area (Å²) < 4.78 is 0. The van der Waals surface area contributed by atoms with Crippen molar-refractivity contribution >= 4 is 18.4 Å². The predicted molar refractivity (Wildman–Crippen MR) is 37.2 cm³/mol. The lowest BCUT2D eigenvalue weighted by molar-refractivity contribution is -0.120. The molecule has 1 rings (SSSR count). The third-order valence-corrected chi connectivity index (χ3v) is 1.47. The molecule has 0 saturated heterocycles. The van der Waals surface area contributed by atoms with Gasteiger partial charge in [-0.3, -0.25) is 4.79 Å². The molecule has 2 nitrogen and oxygen atoms in total. The molecule has 0 spiro atoms. The van der Waals surface area contributed by atoms with Crippen LogP contribution in [-0.2, 0) is 4.79 Å². The molecule has 0 bridgehead atoms. The van der Waals surface area contributed by atoms with E-state index in [0.29, 0.717) is 4.91 Å². The molecule has 0 aromatic heterocycles. The summed E-state index contributed by atoms with van der Waals surface area (Å²) in [6.07, 6.45) is 3.45. The molecule has 0 fully saturated rings. The molecular weight excluding hydrogens is 136 g/mol. The molecular formula is C6H6O2S. The van der Waals surface area contributed by atoms with Gasteiger partial charge in [0.2, 0.25) is 0 Å². The fourth-order valence-corrected chi connectivity index (χ4v) is 0.783. The van der Waals surface area contributed by atoms with Crippen LogP contribution in [0.5, 0.6) is 0 Å². The predicted octanol–water partition coefficient (Wildman–Crippen LogP) is 0.300. The van der Waals surface area contributed by atoms with Crippen LogP contribution in [0.25, 0.3) is 0 Å². The Morgan fingerprint density at radius 1 is 1.67 bits per heavy atom. The number of carbonyl (C=O) groups is 1. The molecule has 1 N–H and O–H groups in total. The number of aliphatic hydroxyl groups is 1. The zero-order valence-corrected chi connectivity index (χ0v) is 5.51. The van der Waals surface area contributed by atoms with Gasteiger partial charge in [-0.15, -0.1) is 12.6 Å². The first-order valence-electron chi connectivity index (χ1n) is 2.51. The van der Waals surface area contributed by atoms with E-state index in [1.165, 1.54) is 6.08 Å². The van der Waals surface area contributed by atoms with E-state index in [9.17, 15) is 4.79 Å². The van der Waals surface area contributed by atoms with Crippen LogP contribution in [0.4, 0.5) is 0 Å². The van der Waals surface area contributed by atoms with Gasteiger partial charge in [-0.25, -0.2) is 0 Å². The normalized spacial score (nSPS) is 26.2. The first-order valence-corrected chi connectivity index (χ1v) is 2.95. The lowest BCUT2D eigenvalue weighted by Crippen LogP contribution is -2.19. The molecule has 0 aliphatic heterocycles. The second-order valence-corrected chi connectivity index (χ2v) is 2.27. The highest BCUT2D eigenvalue weighted by molar-refractivity contribution is 7.84. The fourth-order valence-electron chi connectivity index (χ4n) is 0.570. The molecule has 48 valence electrons. The molecule has 1 atom stereocenters. The molecule has 3 heteroatoms. The summed E-state index contributed by atoms with van der Waals surface area (Å²) >= 11 is 3.85. The Kier molecular flexibility index (Phi) is 1.73.